The zero-order chi connectivity index (χ0) is 18.0. The zero-order valence-corrected chi connectivity index (χ0v) is 15.0. The summed E-state index contributed by atoms with van der Waals surface area (Å²) in [5.74, 6) is -0.561. The number of hydrogen-bond acceptors (Lipinski definition) is 4. The van der Waals surface area contributed by atoms with Crippen molar-refractivity contribution in [2.45, 2.75) is 11.3 Å². The van der Waals surface area contributed by atoms with Gasteiger partial charge in [-0.15, -0.1) is 0 Å². The first kappa shape index (κ1) is 17.4. The minimum Gasteiger partial charge on any atom is -0.464 e. The summed E-state index contributed by atoms with van der Waals surface area (Å²) >= 11 is 0. The molecule has 132 valence electrons. The van der Waals surface area contributed by atoms with Gasteiger partial charge in [0.15, 0.2) is 0 Å². The van der Waals surface area contributed by atoms with Crippen molar-refractivity contribution in [3.8, 4) is 0 Å². The van der Waals surface area contributed by atoms with Gasteiger partial charge in [-0.25, -0.2) is 13.2 Å². The van der Waals surface area contributed by atoms with E-state index >= 15 is 0 Å². The van der Waals surface area contributed by atoms with Crippen LogP contribution in [-0.4, -0.2) is 43.5 Å². The number of carbonyl (C=O) groups excluding carboxylic acids is 1. The Morgan fingerprint density at radius 1 is 1.20 bits per heavy atom. The van der Waals surface area contributed by atoms with Crippen molar-refractivity contribution in [2.24, 2.45) is 7.05 Å². The molecule has 3 rings (SSSR count). The number of aromatic nitrogens is 1. The number of carbonyl (C=O) groups is 1. The van der Waals surface area contributed by atoms with Crippen molar-refractivity contribution in [3.05, 3.63) is 59.9 Å². The van der Waals surface area contributed by atoms with Crippen LogP contribution in [0.3, 0.4) is 0 Å². The van der Waals surface area contributed by atoms with Crippen molar-refractivity contribution in [3.63, 3.8) is 0 Å². The second kappa shape index (κ2) is 6.85. The van der Waals surface area contributed by atoms with Gasteiger partial charge in [0.25, 0.3) is 0 Å². The third-order valence-corrected chi connectivity index (χ3v) is 6.16. The first-order valence-electron chi connectivity index (χ1n) is 7.93. The topological polar surface area (TPSA) is 68.6 Å². The minimum absolute atomic E-state index is 0.104. The van der Waals surface area contributed by atoms with Gasteiger partial charge >= 0.3 is 5.97 Å². The van der Waals surface area contributed by atoms with E-state index in [0.717, 1.165) is 11.1 Å². The number of methoxy groups -OCH3 is 1. The standard InChI is InChI=1S/C18H20N2O4S/c1-19-13-16(12-17(19)18(21)24-2)25(22,23)20-10-8-15(9-11-20)14-6-4-3-5-7-14/h3-8,12-13H,9-11H2,1-2H3. The largest absolute Gasteiger partial charge is 0.464 e. The Hall–Kier alpha value is -2.38. The molecule has 25 heavy (non-hydrogen) atoms. The molecule has 0 amide bonds. The molecule has 2 aromatic rings. The van der Waals surface area contributed by atoms with Crippen molar-refractivity contribution < 1.29 is 17.9 Å². The lowest BCUT2D eigenvalue weighted by Crippen LogP contribution is -2.34. The number of hydrogen-bond donors (Lipinski definition) is 0. The second-order valence-electron chi connectivity index (χ2n) is 5.87. The molecule has 0 radical (unpaired) electrons. The van der Waals surface area contributed by atoms with Crippen LogP contribution in [0.5, 0.6) is 0 Å². The minimum atomic E-state index is -3.65. The van der Waals surface area contributed by atoms with Crippen LogP contribution < -0.4 is 0 Å². The molecule has 0 bridgehead atoms. The molecule has 0 unspecified atom stereocenters. The highest BCUT2D eigenvalue weighted by atomic mass is 32.2. The maximum atomic E-state index is 12.8. The average Bonchev–Trinajstić information content (AvgIpc) is 3.04. The molecule has 1 aromatic carbocycles. The van der Waals surface area contributed by atoms with Gasteiger partial charge in [0.1, 0.15) is 10.6 Å². The van der Waals surface area contributed by atoms with Crippen LogP contribution in [0.15, 0.2) is 53.6 Å². The van der Waals surface area contributed by atoms with Crippen LogP contribution in [0.4, 0.5) is 0 Å². The van der Waals surface area contributed by atoms with Crippen molar-refractivity contribution >= 4 is 21.6 Å². The van der Waals surface area contributed by atoms with Crippen molar-refractivity contribution in [2.75, 3.05) is 20.2 Å². The smallest absolute Gasteiger partial charge is 0.354 e. The summed E-state index contributed by atoms with van der Waals surface area (Å²) in [7, 11) is -0.763. The normalized spacial score (nSPS) is 15.7. The Labute approximate surface area is 147 Å². The maximum absolute atomic E-state index is 12.8. The highest BCUT2D eigenvalue weighted by Crippen LogP contribution is 2.26. The monoisotopic (exact) mass is 360 g/mol. The fourth-order valence-corrected chi connectivity index (χ4v) is 4.37. The number of rotatable bonds is 4. The quantitative estimate of drug-likeness (QED) is 0.785. The molecule has 0 fully saturated rings. The number of benzene rings is 1. The first-order valence-corrected chi connectivity index (χ1v) is 9.37. The van der Waals surface area contributed by atoms with Gasteiger partial charge in [-0.1, -0.05) is 36.4 Å². The van der Waals surface area contributed by atoms with Crippen molar-refractivity contribution in [1.82, 2.24) is 8.87 Å². The van der Waals surface area contributed by atoms with E-state index in [1.54, 1.807) is 7.05 Å². The molecule has 1 aliphatic rings. The van der Waals surface area contributed by atoms with E-state index in [1.165, 1.54) is 28.2 Å². The highest BCUT2D eigenvalue weighted by Gasteiger charge is 2.29. The Morgan fingerprint density at radius 2 is 1.92 bits per heavy atom. The number of nitrogens with zero attached hydrogens (tertiary/aromatic N) is 2. The van der Waals surface area contributed by atoms with Crippen LogP contribution in [0, 0.1) is 0 Å². The summed E-state index contributed by atoms with van der Waals surface area (Å²) in [4.78, 5) is 11.8. The predicted octanol–water partition coefficient (Wildman–Crippen LogP) is 2.29. The van der Waals surface area contributed by atoms with Crippen LogP contribution in [-0.2, 0) is 21.8 Å². The number of aryl methyl sites for hydroxylation is 1. The Morgan fingerprint density at radius 3 is 2.52 bits per heavy atom. The van der Waals surface area contributed by atoms with E-state index in [1.807, 2.05) is 36.4 Å². The van der Waals surface area contributed by atoms with E-state index < -0.39 is 16.0 Å². The molecule has 0 aliphatic carbocycles. The van der Waals surface area contributed by atoms with E-state index in [9.17, 15) is 13.2 Å². The molecule has 7 heteroatoms. The molecule has 1 aromatic heterocycles. The molecule has 0 spiro atoms. The van der Waals surface area contributed by atoms with Crippen LogP contribution in [0.1, 0.15) is 22.5 Å². The Kier molecular flexibility index (Phi) is 4.78. The van der Waals surface area contributed by atoms with Gasteiger partial charge in [-0.3, -0.25) is 0 Å². The lowest BCUT2D eigenvalue weighted by atomic mass is 10.0. The van der Waals surface area contributed by atoms with Crippen LogP contribution in [0.2, 0.25) is 0 Å². The number of ether oxygens (including phenoxy) is 1. The molecule has 0 saturated carbocycles. The molecule has 0 saturated heterocycles. The molecule has 0 atom stereocenters. The summed E-state index contributed by atoms with van der Waals surface area (Å²) in [6.45, 7) is 0.723. The SMILES string of the molecule is COC(=O)c1cc(S(=O)(=O)N2CC=C(c3ccccc3)CC2)cn1C. The van der Waals surface area contributed by atoms with Gasteiger partial charge in [-0.05, 0) is 23.6 Å². The van der Waals surface area contributed by atoms with E-state index in [-0.39, 0.29) is 10.6 Å². The van der Waals surface area contributed by atoms with E-state index in [0.29, 0.717) is 19.5 Å². The van der Waals surface area contributed by atoms with Gasteiger partial charge in [0, 0.05) is 26.3 Å². The van der Waals surface area contributed by atoms with Gasteiger partial charge in [0.05, 0.1) is 7.11 Å². The van der Waals surface area contributed by atoms with Gasteiger partial charge < -0.3 is 9.30 Å². The summed E-state index contributed by atoms with van der Waals surface area (Å²) in [6.07, 6.45) is 4.04. The molecular weight excluding hydrogens is 340 g/mol. The molecule has 1 aliphatic heterocycles. The summed E-state index contributed by atoms with van der Waals surface area (Å²) in [5, 5.41) is 0. The van der Waals surface area contributed by atoms with E-state index in [4.69, 9.17) is 0 Å². The Balaban J connectivity index is 1.83. The Bertz CT molecular complexity index is 914. The molecular formula is C18H20N2O4S. The first-order chi connectivity index (χ1) is 11.9. The van der Waals surface area contributed by atoms with Crippen LogP contribution >= 0.6 is 0 Å². The lowest BCUT2D eigenvalue weighted by molar-refractivity contribution is 0.0590. The summed E-state index contributed by atoms with van der Waals surface area (Å²) in [5.41, 5.74) is 2.47. The highest BCUT2D eigenvalue weighted by molar-refractivity contribution is 7.89. The molecule has 0 N–H and O–H groups in total. The zero-order valence-electron chi connectivity index (χ0n) is 14.2. The number of sulfonamides is 1. The fourth-order valence-electron chi connectivity index (χ4n) is 2.92. The summed E-state index contributed by atoms with van der Waals surface area (Å²) in [6, 6.07) is 11.3. The van der Waals surface area contributed by atoms with Crippen molar-refractivity contribution in [1.29, 1.82) is 0 Å². The average molecular weight is 360 g/mol. The summed E-state index contributed by atoms with van der Waals surface area (Å²) < 4.78 is 33.2. The van der Waals surface area contributed by atoms with Gasteiger partial charge in [-0.2, -0.15) is 4.31 Å². The number of esters is 1. The third kappa shape index (κ3) is 3.38. The van der Waals surface area contributed by atoms with Gasteiger partial charge in [0.2, 0.25) is 10.0 Å². The predicted molar refractivity (Wildman–Crippen MR) is 94.5 cm³/mol. The third-order valence-electron chi connectivity index (χ3n) is 4.33. The fraction of sp³-hybridized carbons (Fsp3) is 0.278. The lowest BCUT2D eigenvalue weighted by Gasteiger charge is -2.25. The molecule has 6 nitrogen and oxygen atoms in total. The van der Waals surface area contributed by atoms with E-state index in [2.05, 4.69) is 4.74 Å². The van der Waals surface area contributed by atoms with Crippen LogP contribution in [0.25, 0.3) is 5.57 Å². The maximum Gasteiger partial charge on any atom is 0.354 e. The molecule has 2 heterocycles. The second-order valence-corrected chi connectivity index (χ2v) is 7.81.